The quantitative estimate of drug-likeness (QED) is 0.641. The Morgan fingerprint density at radius 3 is 2.50 bits per heavy atom. The number of H-pyrrole nitrogens is 1. The summed E-state index contributed by atoms with van der Waals surface area (Å²) in [6.07, 6.45) is 1.40. The highest BCUT2D eigenvalue weighted by molar-refractivity contribution is 6.32. The fourth-order valence-electron chi connectivity index (χ4n) is 2.54. The molecule has 0 amide bonds. The van der Waals surface area contributed by atoms with E-state index in [9.17, 15) is 18.4 Å². The standard InChI is InChI=1S/C20H14ClF2NO4/c1-27-20(26)12-4-2-11(3-5-12)15-9-24-19(25)17(21)18(15)28-10-13-6-7-14(22)8-16(13)23/h2-9H,10H2,1H3,(H,24,25). The molecule has 0 aliphatic heterocycles. The Balaban J connectivity index is 1.95. The third kappa shape index (κ3) is 4.04. The van der Waals surface area contributed by atoms with Crippen molar-refractivity contribution in [3.63, 3.8) is 0 Å². The number of pyridine rings is 1. The molecule has 0 spiro atoms. The van der Waals surface area contributed by atoms with Crippen LogP contribution < -0.4 is 10.3 Å². The summed E-state index contributed by atoms with van der Waals surface area (Å²) in [5.74, 6) is -1.93. The first-order chi connectivity index (χ1) is 13.4. The number of halogens is 3. The van der Waals surface area contributed by atoms with Crippen LogP contribution in [0.25, 0.3) is 11.1 Å². The Hall–Kier alpha value is -3.19. The topological polar surface area (TPSA) is 68.4 Å². The van der Waals surface area contributed by atoms with Crippen LogP contribution in [0.3, 0.4) is 0 Å². The van der Waals surface area contributed by atoms with E-state index in [2.05, 4.69) is 9.72 Å². The second-order valence-corrected chi connectivity index (χ2v) is 6.15. The molecule has 0 fully saturated rings. The molecular formula is C20H14ClF2NO4. The van der Waals surface area contributed by atoms with Crippen LogP contribution >= 0.6 is 11.6 Å². The van der Waals surface area contributed by atoms with Gasteiger partial charge in [-0.05, 0) is 29.8 Å². The van der Waals surface area contributed by atoms with Crippen molar-refractivity contribution in [1.29, 1.82) is 0 Å². The lowest BCUT2D eigenvalue weighted by atomic mass is 10.0. The van der Waals surface area contributed by atoms with Crippen molar-refractivity contribution >= 4 is 17.6 Å². The Morgan fingerprint density at radius 2 is 1.86 bits per heavy atom. The average molecular weight is 406 g/mol. The minimum Gasteiger partial charge on any atom is -0.486 e. The molecule has 0 unspecified atom stereocenters. The molecule has 28 heavy (non-hydrogen) atoms. The summed E-state index contributed by atoms with van der Waals surface area (Å²) in [7, 11) is 1.28. The van der Waals surface area contributed by atoms with E-state index in [1.165, 1.54) is 19.4 Å². The van der Waals surface area contributed by atoms with Crippen LogP contribution in [0.2, 0.25) is 5.02 Å². The van der Waals surface area contributed by atoms with E-state index >= 15 is 0 Å². The molecule has 0 aliphatic carbocycles. The van der Waals surface area contributed by atoms with Gasteiger partial charge in [0, 0.05) is 23.4 Å². The Morgan fingerprint density at radius 1 is 1.14 bits per heavy atom. The van der Waals surface area contributed by atoms with Crippen LogP contribution in [0.15, 0.2) is 53.5 Å². The third-order valence-electron chi connectivity index (χ3n) is 4.00. The minimum absolute atomic E-state index is 0.0416. The van der Waals surface area contributed by atoms with E-state index in [1.807, 2.05) is 0 Å². The summed E-state index contributed by atoms with van der Waals surface area (Å²) in [5.41, 5.74) is 0.900. The third-order valence-corrected chi connectivity index (χ3v) is 4.34. The molecule has 5 nitrogen and oxygen atoms in total. The molecule has 0 aliphatic rings. The number of carbonyl (C=O) groups is 1. The lowest BCUT2D eigenvalue weighted by Crippen LogP contribution is -2.10. The second-order valence-electron chi connectivity index (χ2n) is 5.77. The van der Waals surface area contributed by atoms with E-state index in [-0.39, 0.29) is 22.9 Å². The monoisotopic (exact) mass is 405 g/mol. The molecule has 0 saturated heterocycles. The van der Waals surface area contributed by atoms with Crippen molar-refractivity contribution in [1.82, 2.24) is 4.98 Å². The van der Waals surface area contributed by atoms with Crippen molar-refractivity contribution in [2.45, 2.75) is 6.61 Å². The Kier molecular flexibility index (Phi) is 5.75. The van der Waals surface area contributed by atoms with Crippen LogP contribution in [0.5, 0.6) is 5.75 Å². The fraction of sp³-hybridized carbons (Fsp3) is 0.100. The molecule has 3 aromatic rings. The molecule has 0 saturated carbocycles. The van der Waals surface area contributed by atoms with E-state index in [1.54, 1.807) is 24.3 Å². The minimum atomic E-state index is -0.773. The second kappa shape index (κ2) is 8.22. The maximum Gasteiger partial charge on any atom is 0.337 e. The van der Waals surface area contributed by atoms with Gasteiger partial charge < -0.3 is 14.5 Å². The number of hydrogen-bond donors (Lipinski definition) is 1. The number of methoxy groups -OCH3 is 1. The number of rotatable bonds is 5. The molecular weight excluding hydrogens is 392 g/mol. The number of hydrogen-bond acceptors (Lipinski definition) is 4. The van der Waals surface area contributed by atoms with Gasteiger partial charge >= 0.3 is 5.97 Å². The van der Waals surface area contributed by atoms with Gasteiger partial charge in [-0.2, -0.15) is 0 Å². The highest BCUT2D eigenvalue weighted by atomic mass is 35.5. The molecule has 0 radical (unpaired) electrons. The highest BCUT2D eigenvalue weighted by Gasteiger charge is 2.16. The predicted octanol–water partition coefficient (Wildman–Crippen LogP) is 4.34. The summed E-state index contributed by atoms with van der Waals surface area (Å²) in [5, 5.41) is -0.211. The predicted molar refractivity (Wildman–Crippen MR) is 99.5 cm³/mol. The zero-order chi connectivity index (χ0) is 20.3. The van der Waals surface area contributed by atoms with Crippen molar-refractivity contribution in [2.75, 3.05) is 7.11 Å². The van der Waals surface area contributed by atoms with Crippen LogP contribution in [0.1, 0.15) is 15.9 Å². The summed E-state index contributed by atoms with van der Waals surface area (Å²) < 4.78 is 37.1. The van der Waals surface area contributed by atoms with Gasteiger partial charge in [-0.3, -0.25) is 4.79 Å². The summed E-state index contributed by atoms with van der Waals surface area (Å²) in [6, 6.07) is 9.44. The van der Waals surface area contributed by atoms with E-state index in [4.69, 9.17) is 16.3 Å². The van der Waals surface area contributed by atoms with Crippen LogP contribution in [0, 0.1) is 11.6 Å². The van der Waals surface area contributed by atoms with Gasteiger partial charge in [-0.25, -0.2) is 13.6 Å². The van der Waals surface area contributed by atoms with Gasteiger partial charge in [-0.15, -0.1) is 0 Å². The Bertz CT molecular complexity index is 1080. The van der Waals surface area contributed by atoms with E-state index in [0.717, 1.165) is 12.1 Å². The van der Waals surface area contributed by atoms with Gasteiger partial charge in [0.25, 0.3) is 5.56 Å². The van der Waals surface area contributed by atoms with Crippen molar-refractivity contribution in [3.8, 4) is 16.9 Å². The van der Waals surface area contributed by atoms with Crippen molar-refractivity contribution < 1.29 is 23.0 Å². The number of nitrogens with one attached hydrogen (secondary N) is 1. The molecule has 3 rings (SSSR count). The first kappa shape index (κ1) is 19.6. The zero-order valence-corrected chi connectivity index (χ0v) is 15.3. The maximum absolute atomic E-state index is 13.8. The average Bonchev–Trinajstić information content (AvgIpc) is 2.70. The summed E-state index contributed by atoms with van der Waals surface area (Å²) in [4.78, 5) is 25.9. The first-order valence-electron chi connectivity index (χ1n) is 8.07. The maximum atomic E-state index is 13.8. The van der Waals surface area contributed by atoms with Crippen LogP contribution in [-0.2, 0) is 11.3 Å². The number of aromatic amines is 1. The fourth-order valence-corrected chi connectivity index (χ4v) is 2.75. The van der Waals surface area contributed by atoms with Gasteiger partial charge in [0.15, 0.2) is 5.75 Å². The molecule has 2 aromatic carbocycles. The first-order valence-corrected chi connectivity index (χ1v) is 8.45. The molecule has 1 N–H and O–H groups in total. The number of esters is 1. The lowest BCUT2D eigenvalue weighted by molar-refractivity contribution is 0.0600. The van der Waals surface area contributed by atoms with Crippen molar-refractivity contribution in [3.05, 3.63) is 86.8 Å². The lowest BCUT2D eigenvalue weighted by Gasteiger charge is -2.13. The number of ether oxygens (including phenoxy) is 2. The smallest absolute Gasteiger partial charge is 0.337 e. The Labute approximate surface area is 163 Å². The SMILES string of the molecule is COC(=O)c1ccc(-c2c[nH]c(=O)c(Cl)c2OCc2ccc(F)cc2F)cc1. The van der Waals surface area contributed by atoms with E-state index in [0.29, 0.717) is 16.7 Å². The van der Waals surface area contributed by atoms with Crippen LogP contribution in [0.4, 0.5) is 8.78 Å². The summed E-state index contributed by atoms with van der Waals surface area (Å²) >= 11 is 6.09. The molecule has 1 aromatic heterocycles. The number of aromatic nitrogens is 1. The summed E-state index contributed by atoms with van der Waals surface area (Å²) in [6.45, 7) is -0.261. The van der Waals surface area contributed by atoms with Gasteiger partial charge in [0.1, 0.15) is 23.3 Å². The molecule has 144 valence electrons. The molecule has 0 bridgehead atoms. The molecule has 0 atom stereocenters. The molecule has 1 heterocycles. The van der Waals surface area contributed by atoms with Gasteiger partial charge in [0.2, 0.25) is 0 Å². The number of benzene rings is 2. The zero-order valence-electron chi connectivity index (χ0n) is 14.6. The van der Waals surface area contributed by atoms with Crippen LogP contribution in [-0.4, -0.2) is 18.1 Å². The van der Waals surface area contributed by atoms with E-state index < -0.39 is 23.2 Å². The largest absolute Gasteiger partial charge is 0.486 e. The highest BCUT2D eigenvalue weighted by Crippen LogP contribution is 2.34. The normalized spacial score (nSPS) is 10.6. The van der Waals surface area contributed by atoms with Gasteiger partial charge in [-0.1, -0.05) is 23.7 Å². The molecule has 8 heteroatoms. The van der Waals surface area contributed by atoms with Gasteiger partial charge in [0.05, 0.1) is 12.7 Å². The number of carbonyl (C=O) groups excluding carboxylic acids is 1. The van der Waals surface area contributed by atoms with Crippen molar-refractivity contribution in [2.24, 2.45) is 0 Å².